The number of ketones is 1. The molecule has 1 aliphatic rings. The molecule has 0 N–H and O–H groups in total. The van der Waals surface area contributed by atoms with E-state index in [2.05, 4.69) is 51.1 Å². The predicted molar refractivity (Wildman–Crippen MR) is 115 cm³/mol. The van der Waals surface area contributed by atoms with E-state index in [0.29, 0.717) is 6.42 Å². The molecule has 0 fully saturated rings. The third-order valence-corrected chi connectivity index (χ3v) is 4.33. The van der Waals surface area contributed by atoms with Crippen molar-refractivity contribution in [3.05, 3.63) is 76.7 Å². The van der Waals surface area contributed by atoms with Crippen molar-refractivity contribution in [2.24, 2.45) is 0 Å². The summed E-state index contributed by atoms with van der Waals surface area (Å²) in [7, 11) is 0. The van der Waals surface area contributed by atoms with E-state index in [1.165, 1.54) is 17.0 Å². The van der Waals surface area contributed by atoms with Crippen LogP contribution in [0, 0.1) is 5.92 Å². The molecule has 2 aromatic carbocycles. The van der Waals surface area contributed by atoms with Gasteiger partial charge in [-0.15, -0.1) is 11.6 Å². The number of rotatable bonds is 3. The van der Waals surface area contributed by atoms with Crippen LogP contribution in [0.5, 0.6) is 0 Å². The molecule has 0 atom stereocenters. The first-order valence-electron chi connectivity index (χ1n) is 9.88. The summed E-state index contributed by atoms with van der Waals surface area (Å²) in [5.41, 5.74) is 6.71. The summed E-state index contributed by atoms with van der Waals surface area (Å²) in [5, 5.41) is 0. The van der Waals surface area contributed by atoms with Gasteiger partial charge in [0.25, 0.3) is 0 Å². The molecule has 2 aromatic rings. The van der Waals surface area contributed by atoms with Crippen molar-refractivity contribution in [1.29, 1.82) is 0 Å². The fourth-order valence-electron chi connectivity index (χ4n) is 3.33. The zero-order chi connectivity index (χ0) is 19.7. The third-order valence-electron chi connectivity index (χ3n) is 4.33. The van der Waals surface area contributed by atoms with E-state index in [1.54, 1.807) is 0 Å². The van der Waals surface area contributed by atoms with Crippen molar-refractivity contribution in [2.45, 2.75) is 61.3 Å². The Morgan fingerprint density at radius 1 is 0.852 bits per heavy atom. The van der Waals surface area contributed by atoms with Gasteiger partial charge in [0, 0.05) is 25.0 Å². The van der Waals surface area contributed by atoms with Crippen molar-refractivity contribution < 1.29 is 23.4 Å². The van der Waals surface area contributed by atoms with Gasteiger partial charge in [-0.2, -0.15) is 11.5 Å². The third kappa shape index (κ3) is 5.64. The van der Waals surface area contributed by atoms with E-state index < -0.39 is 0 Å². The fraction of sp³-hybridized carbons (Fsp3) is 0.360. The van der Waals surface area contributed by atoms with Crippen molar-refractivity contribution in [3.63, 3.8) is 0 Å². The first-order valence-corrected chi connectivity index (χ1v) is 9.88. The summed E-state index contributed by atoms with van der Waals surface area (Å²) in [6.45, 7) is 14.3. The number of benzene rings is 2. The van der Waals surface area contributed by atoms with E-state index in [-0.39, 0.29) is 24.3 Å². The molecule has 0 unspecified atom stereocenters. The van der Waals surface area contributed by atoms with Crippen LogP contribution in [0.15, 0.2) is 48.5 Å². The van der Waals surface area contributed by atoms with Crippen molar-refractivity contribution >= 4 is 16.9 Å². The molecule has 145 valence electrons. The second kappa shape index (κ2) is 12.6. The summed E-state index contributed by atoms with van der Waals surface area (Å²) in [4.78, 5) is 12.9. The maximum Gasteiger partial charge on any atom is 0.113 e. The number of fused-ring (bicyclic) bond motifs is 1. The first kappa shape index (κ1) is 25.3. The molecule has 0 aliphatic heterocycles. The van der Waals surface area contributed by atoms with Crippen LogP contribution in [0.2, 0.25) is 0 Å². The number of allylic oxidation sites excluding steroid dienone is 2. The molecule has 0 amide bonds. The molecule has 2 heteroatoms. The second-order valence-electron chi connectivity index (χ2n) is 6.02. The summed E-state index contributed by atoms with van der Waals surface area (Å²) >= 11 is 0. The van der Waals surface area contributed by atoms with E-state index in [4.69, 9.17) is 0 Å². The minimum Gasteiger partial charge on any atom is -0.308 e. The summed E-state index contributed by atoms with van der Waals surface area (Å²) in [5.74, 6) is 1.43. The molecule has 0 spiro atoms. The van der Waals surface area contributed by atoms with Crippen LogP contribution in [0.25, 0.3) is 11.1 Å². The standard InChI is InChI=1S/C21H21O.2C2H6.V/c1-4-15-9-5-7-11-17(15)21-19(22)13-16-10-6-8-12-18(16)20(21)14(2)3;2*1-2;/h5-12H,4,13H2,1-3H3;2*1-2H3;/q-1;;;. The van der Waals surface area contributed by atoms with Gasteiger partial charge in [-0.05, 0) is 6.42 Å². The second-order valence-corrected chi connectivity index (χ2v) is 6.02. The zero-order valence-electron chi connectivity index (χ0n) is 17.9. The van der Waals surface area contributed by atoms with Gasteiger partial charge in [-0.3, -0.25) is 0 Å². The minimum atomic E-state index is 0. The van der Waals surface area contributed by atoms with E-state index in [1.807, 2.05) is 45.9 Å². The molecular formula is C25H33OV-. The van der Waals surface area contributed by atoms with E-state index in [9.17, 15) is 4.79 Å². The summed E-state index contributed by atoms with van der Waals surface area (Å²) in [6.07, 6.45) is 1.44. The number of Topliss-reactive ketones (excluding diaryl/α,β-unsaturated/α-hetero) is 1. The van der Waals surface area contributed by atoms with Gasteiger partial charge < -0.3 is 4.79 Å². The Balaban J connectivity index is 0.00000127. The Hall–Kier alpha value is -1.70. The number of hydrogen-bond donors (Lipinski definition) is 0. The van der Waals surface area contributed by atoms with Gasteiger partial charge in [0.2, 0.25) is 0 Å². The zero-order valence-corrected chi connectivity index (χ0v) is 19.3. The van der Waals surface area contributed by atoms with Gasteiger partial charge in [-0.1, -0.05) is 113 Å². The SMILES string of the molecule is CC.CC.CCc1ccccc1C1=C([C-](C)C)c2ccccc2CC1=O.[V]. The smallest absolute Gasteiger partial charge is 0.113 e. The summed E-state index contributed by atoms with van der Waals surface area (Å²) < 4.78 is 0. The quantitative estimate of drug-likeness (QED) is 0.510. The van der Waals surface area contributed by atoms with Crippen molar-refractivity contribution in [2.75, 3.05) is 0 Å². The van der Waals surface area contributed by atoms with E-state index in [0.717, 1.165) is 28.7 Å². The van der Waals surface area contributed by atoms with Gasteiger partial charge in [-0.25, -0.2) is 0 Å². The molecular weight excluding hydrogens is 367 g/mol. The molecule has 0 saturated carbocycles. The van der Waals surface area contributed by atoms with Crippen LogP contribution in [-0.2, 0) is 36.2 Å². The Bertz CT molecular complexity index is 756. The molecule has 0 saturated heterocycles. The molecule has 0 aromatic heterocycles. The van der Waals surface area contributed by atoms with Crippen LogP contribution < -0.4 is 0 Å². The fourth-order valence-corrected chi connectivity index (χ4v) is 3.33. The Morgan fingerprint density at radius 2 is 1.37 bits per heavy atom. The Kier molecular flexibility index (Phi) is 11.9. The van der Waals surface area contributed by atoms with Gasteiger partial charge >= 0.3 is 0 Å². The molecule has 0 bridgehead atoms. The molecule has 3 rings (SSSR count). The Morgan fingerprint density at radius 3 is 1.93 bits per heavy atom. The van der Waals surface area contributed by atoms with Crippen molar-refractivity contribution in [3.8, 4) is 0 Å². The number of hydrogen-bond acceptors (Lipinski definition) is 1. The van der Waals surface area contributed by atoms with Crippen LogP contribution in [0.3, 0.4) is 0 Å². The van der Waals surface area contributed by atoms with Gasteiger partial charge in [0.05, 0.1) is 0 Å². The van der Waals surface area contributed by atoms with Gasteiger partial charge in [0.15, 0.2) is 0 Å². The summed E-state index contributed by atoms with van der Waals surface area (Å²) in [6, 6.07) is 16.6. The number of carbonyl (C=O) groups is 1. The maximum atomic E-state index is 12.9. The normalized spacial score (nSPS) is 11.9. The van der Waals surface area contributed by atoms with E-state index >= 15 is 0 Å². The predicted octanol–water partition coefficient (Wildman–Crippen LogP) is 6.95. The topological polar surface area (TPSA) is 17.1 Å². The van der Waals surface area contributed by atoms with Crippen LogP contribution >= 0.6 is 0 Å². The van der Waals surface area contributed by atoms with Gasteiger partial charge in [0.1, 0.15) is 5.78 Å². The molecule has 1 nitrogen and oxygen atoms in total. The van der Waals surface area contributed by atoms with Crippen LogP contribution in [-0.4, -0.2) is 5.78 Å². The number of carbonyl (C=O) groups excluding carboxylic acids is 1. The number of aryl methyl sites for hydroxylation is 1. The largest absolute Gasteiger partial charge is 0.308 e. The van der Waals surface area contributed by atoms with Crippen LogP contribution in [0.1, 0.15) is 70.7 Å². The molecule has 1 radical (unpaired) electrons. The molecule has 1 aliphatic carbocycles. The average Bonchev–Trinajstić information content (AvgIpc) is 2.69. The van der Waals surface area contributed by atoms with Crippen LogP contribution in [0.4, 0.5) is 0 Å². The first-order chi connectivity index (χ1) is 12.6. The Labute approximate surface area is 178 Å². The van der Waals surface area contributed by atoms with Crippen molar-refractivity contribution in [1.82, 2.24) is 0 Å². The average molecular weight is 400 g/mol. The molecule has 27 heavy (non-hydrogen) atoms. The monoisotopic (exact) mass is 400 g/mol. The minimum absolute atomic E-state index is 0. The molecule has 0 heterocycles. The maximum absolute atomic E-state index is 12.9.